The van der Waals surface area contributed by atoms with Gasteiger partial charge in [-0.25, -0.2) is 4.79 Å². The van der Waals surface area contributed by atoms with E-state index < -0.39 is 18.5 Å². The Hall–Kier alpha value is -1.83. The van der Waals surface area contributed by atoms with Crippen molar-refractivity contribution < 1.29 is 24.2 Å². The highest BCUT2D eigenvalue weighted by atomic mass is 16.5. The van der Waals surface area contributed by atoms with Gasteiger partial charge in [0.2, 0.25) is 5.91 Å². The molecule has 0 saturated carbocycles. The van der Waals surface area contributed by atoms with Gasteiger partial charge < -0.3 is 25.4 Å². The van der Waals surface area contributed by atoms with Crippen LogP contribution in [0.2, 0.25) is 0 Å². The molecule has 0 saturated heterocycles. The number of carbonyl (C=O) groups is 3. The number of aliphatic carboxylic acids is 1. The zero-order valence-electron chi connectivity index (χ0n) is 10.6. The molecule has 0 aliphatic carbocycles. The second-order valence-electron chi connectivity index (χ2n) is 3.41. The molecule has 18 heavy (non-hydrogen) atoms. The molecule has 0 heterocycles. The average Bonchev–Trinajstić information content (AvgIpc) is 2.33. The normalized spacial score (nSPS) is 9.67. The number of carboxylic acid groups (broad SMARTS) is 1. The van der Waals surface area contributed by atoms with E-state index in [9.17, 15) is 14.4 Å². The molecule has 3 N–H and O–H groups in total. The summed E-state index contributed by atoms with van der Waals surface area (Å²) in [4.78, 5) is 34.3. The number of likely N-dealkylation sites (N-methyl/N-ethyl adjacent to an activating group) is 1. The highest BCUT2D eigenvalue weighted by molar-refractivity contribution is 5.85. The summed E-state index contributed by atoms with van der Waals surface area (Å²) >= 11 is 0. The minimum absolute atomic E-state index is 0.196. The summed E-state index contributed by atoms with van der Waals surface area (Å²) in [5, 5.41) is 13.4. The summed E-state index contributed by atoms with van der Waals surface area (Å²) in [7, 11) is 1.51. The van der Waals surface area contributed by atoms with Crippen molar-refractivity contribution in [1.82, 2.24) is 15.5 Å². The van der Waals surface area contributed by atoms with Gasteiger partial charge in [-0.05, 0) is 6.92 Å². The van der Waals surface area contributed by atoms with E-state index in [0.29, 0.717) is 13.2 Å². The maximum Gasteiger partial charge on any atom is 0.323 e. The van der Waals surface area contributed by atoms with Gasteiger partial charge in [0, 0.05) is 20.2 Å². The fourth-order valence-corrected chi connectivity index (χ4v) is 1.11. The fraction of sp³-hybridized carbons (Fsp3) is 0.700. The summed E-state index contributed by atoms with van der Waals surface area (Å²) < 4.78 is 4.74. The topological polar surface area (TPSA) is 108 Å². The number of carbonyl (C=O) groups excluding carboxylic acids is 2. The van der Waals surface area contributed by atoms with Crippen molar-refractivity contribution in [3.63, 3.8) is 0 Å². The average molecular weight is 261 g/mol. The SMILES string of the molecule is CCN(CC(=O)O)C(=O)NCC(=O)NCCOC. The Morgan fingerprint density at radius 3 is 2.44 bits per heavy atom. The maximum absolute atomic E-state index is 11.5. The van der Waals surface area contributed by atoms with Crippen LogP contribution in [-0.4, -0.2) is 67.8 Å². The van der Waals surface area contributed by atoms with Crippen molar-refractivity contribution in [2.24, 2.45) is 0 Å². The summed E-state index contributed by atoms with van der Waals surface area (Å²) in [5.74, 6) is -1.46. The number of hydrogen-bond acceptors (Lipinski definition) is 4. The third kappa shape index (κ3) is 7.44. The monoisotopic (exact) mass is 261 g/mol. The van der Waals surface area contributed by atoms with Gasteiger partial charge in [-0.2, -0.15) is 0 Å². The second kappa shape index (κ2) is 9.23. The quantitative estimate of drug-likeness (QED) is 0.479. The van der Waals surface area contributed by atoms with E-state index in [2.05, 4.69) is 10.6 Å². The molecule has 0 aliphatic heterocycles. The van der Waals surface area contributed by atoms with Crippen LogP contribution in [0.3, 0.4) is 0 Å². The van der Waals surface area contributed by atoms with Crippen LogP contribution in [0.15, 0.2) is 0 Å². The molecule has 3 amide bonds. The third-order valence-corrected chi connectivity index (χ3v) is 2.02. The summed E-state index contributed by atoms with van der Waals surface area (Å²) in [6.07, 6.45) is 0. The van der Waals surface area contributed by atoms with Crippen molar-refractivity contribution >= 4 is 17.9 Å². The predicted molar refractivity (Wildman–Crippen MR) is 63.2 cm³/mol. The summed E-state index contributed by atoms with van der Waals surface area (Å²) in [6.45, 7) is 2.06. The lowest BCUT2D eigenvalue weighted by molar-refractivity contribution is -0.137. The predicted octanol–water partition coefficient (Wildman–Crippen LogP) is -1.13. The fourth-order valence-electron chi connectivity index (χ4n) is 1.11. The Morgan fingerprint density at radius 1 is 1.28 bits per heavy atom. The molecular formula is C10H19N3O5. The van der Waals surface area contributed by atoms with E-state index in [0.717, 1.165) is 4.90 Å². The van der Waals surface area contributed by atoms with Gasteiger partial charge in [-0.1, -0.05) is 0 Å². The molecular weight excluding hydrogens is 242 g/mol. The van der Waals surface area contributed by atoms with Crippen LogP contribution in [0.1, 0.15) is 6.92 Å². The number of amides is 3. The van der Waals surface area contributed by atoms with Gasteiger partial charge in [-0.3, -0.25) is 9.59 Å². The number of carboxylic acids is 1. The largest absolute Gasteiger partial charge is 0.480 e. The number of rotatable bonds is 8. The van der Waals surface area contributed by atoms with Crippen LogP contribution >= 0.6 is 0 Å². The van der Waals surface area contributed by atoms with E-state index in [1.165, 1.54) is 7.11 Å². The zero-order valence-corrected chi connectivity index (χ0v) is 10.6. The van der Waals surface area contributed by atoms with Gasteiger partial charge in [0.25, 0.3) is 0 Å². The van der Waals surface area contributed by atoms with E-state index in [4.69, 9.17) is 9.84 Å². The minimum Gasteiger partial charge on any atom is -0.480 e. The van der Waals surface area contributed by atoms with Gasteiger partial charge in [0.15, 0.2) is 0 Å². The highest BCUT2D eigenvalue weighted by Gasteiger charge is 2.15. The van der Waals surface area contributed by atoms with E-state index in [1.54, 1.807) is 6.92 Å². The molecule has 0 aromatic rings. The first-order chi connectivity index (χ1) is 8.51. The molecule has 0 unspecified atom stereocenters. The number of urea groups is 1. The molecule has 104 valence electrons. The Bertz CT molecular complexity index is 295. The molecule has 0 atom stereocenters. The molecule has 0 bridgehead atoms. The molecule has 0 aromatic carbocycles. The maximum atomic E-state index is 11.5. The molecule has 0 rings (SSSR count). The highest BCUT2D eigenvalue weighted by Crippen LogP contribution is 1.88. The molecule has 8 nitrogen and oxygen atoms in total. The molecule has 0 radical (unpaired) electrons. The van der Waals surface area contributed by atoms with Crippen LogP contribution in [0, 0.1) is 0 Å². The van der Waals surface area contributed by atoms with E-state index in [-0.39, 0.29) is 19.0 Å². The van der Waals surface area contributed by atoms with Crippen LogP contribution < -0.4 is 10.6 Å². The third-order valence-electron chi connectivity index (χ3n) is 2.02. The first kappa shape index (κ1) is 16.2. The Kier molecular flexibility index (Phi) is 8.29. The van der Waals surface area contributed by atoms with Gasteiger partial charge >= 0.3 is 12.0 Å². The Balaban J connectivity index is 3.92. The smallest absolute Gasteiger partial charge is 0.323 e. The van der Waals surface area contributed by atoms with Crippen molar-refractivity contribution in [1.29, 1.82) is 0 Å². The molecule has 0 spiro atoms. The van der Waals surface area contributed by atoms with Crippen LogP contribution in [0.4, 0.5) is 4.79 Å². The van der Waals surface area contributed by atoms with Gasteiger partial charge in [0.05, 0.1) is 13.2 Å². The van der Waals surface area contributed by atoms with Crippen molar-refractivity contribution in [3.8, 4) is 0 Å². The van der Waals surface area contributed by atoms with Gasteiger partial charge in [-0.15, -0.1) is 0 Å². The number of nitrogens with zero attached hydrogens (tertiary/aromatic N) is 1. The van der Waals surface area contributed by atoms with Crippen LogP contribution in [0.25, 0.3) is 0 Å². The summed E-state index contributed by atoms with van der Waals surface area (Å²) in [5.41, 5.74) is 0. The molecule has 0 fully saturated rings. The lowest BCUT2D eigenvalue weighted by atomic mass is 10.5. The zero-order chi connectivity index (χ0) is 14.0. The van der Waals surface area contributed by atoms with Crippen molar-refractivity contribution in [2.45, 2.75) is 6.92 Å². The van der Waals surface area contributed by atoms with E-state index >= 15 is 0 Å². The second-order valence-corrected chi connectivity index (χ2v) is 3.41. The minimum atomic E-state index is -1.10. The molecule has 8 heteroatoms. The first-order valence-electron chi connectivity index (χ1n) is 5.51. The van der Waals surface area contributed by atoms with Crippen molar-refractivity contribution in [3.05, 3.63) is 0 Å². The Morgan fingerprint density at radius 2 is 1.94 bits per heavy atom. The molecule has 0 aromatic heterocycles. The van der Waals surface area contributed by atoms with Crippen LogP contribution in [-0.2, 0) is 14.3 Å². The standard InChI is InChI=1S/C10H19N3O5/c1-3-13(7-9(15)16)10(17)12-6-8(14)11-4-5-18-2/h3-7H2,1-2H3,(H,11,14)(H,12,17)(H,15,16). The number of ether oxygens (including phenoxy) is 1. The lowest BCUT2D eigenvalue weighted by Crippen LogP contribution is -2.46. The number of methoxy groups -OCH3 is 1. The number of hydrogen-bond donors (Lipinski definition) is 3. The van der Waals surface area contributed by atoms with Gasteiger partial charge in [0.1, 0.15) is 6.54 Å². The van der Waals surface area contributed by atoms with Crippen LogP contribution in [0.5, 0.6) is 0 Å². The Labute approximate surface area is 105 Å². The lowest BCUT2D eigenvalue weighted by Gasteiger charge is -2.18. The number of nitrogens with one attached hydrogen (secondary N) is 2. The molecule has 0 aliphatic rings. The first-order valence-corrected chi connectivity index (χ1v) is 5.51. The summed E-state index contributed by atoms with van der Waals surface area (Å²) in [6, 6.07) is -0.582. The van der Waals surface area contributed by atoms with E-state index in [1.807, 2.05) is 0 Å². The van der Waals surface area contributed by atoms with Crippen molar-refractivity contribution in [2.75, 3.05) is 39.9 Å².